The van der Waals surface area contributed by atoms with Crippen LogP contribution in [0.1, 0.15) is 36.8 Å². The summed E-state index contributed by atoms with van der Waals surface area (Å²) in [6.45, 7) is 1.92. The van der Waals surface area contributed by atoms with E-state index < -0.39 is 5.97 Å². The Morgan fingerprint density at radius 3 is 2.62 bits per heavy atom. The van der Waals surface area contributed by atoms with Gasteiger partial charge in [-0.3, -0.25) is 0 Å². The second kappa shape index (κ2) is 6.56. The number of ether oxygens (including phenoxy) is 1. The number of methoxy groups -OCH3 is 1. The Hall–Kier alpha value is -2.49. The fourth-order valence-corrected chi connectivity index (χ4v) is 3.67. The van der Waals surface area contributed by atoms with Crippen molar-refractivity contribution < 1.29 is 19.7 Å². The molecule has 0 unspecified atom stereocenters. The summed E-state index contributed by atoms with van der Waals surface area (Å²) in [6, 6.07) is 7.46. The van der Waals surface area contributed by atoms with Crippen molar-refractivity contribution in [2.45, 2.75) is 32.6 Å². The quantitative estimate of drug-likeness (QED) is 0.811. The predicted molar refractivity (Wildman–Crippen MR) is 94.5 cm³/mol. The molecule has 0 spiro atoms. The molecule has 0 aromatic heterocycles. The lowest BCUT2D eigenvalue weighted by atomic mass is 9.92. The van der Waals surface area contributed by atoms with Crippen LogP contribution in [-0.2, 0) is 4.79 Å². The average Bonchev–Trinajstić information content (AvgIpc) is 3.08. The van der Waals surface area contributed by atoms with Gasteiger partial charge in [-0.1, -0.05) is 31.0 Å². The van der Waals surface area contributed by atoms with Crippen molar-refractivity contribution in [3.63, 3.8) is 0 Å². The minimum absolute atomic E-state index is 0.0977. The maximum atomic E-state index is 11.8. The van der Waals surface area contributed by atoms with Crippen LogP contribution in [0.2, 0.25) is 0 Å². The Labute approximate surface area is 141 Å². The highest BCUT2D eigenvalue weighted by atomic mass is 16.5. The average molecular weight is 326 g/mol. The van der Waals surface area contributed by atoms with E-state index in [1.165, 1.54) is 7.11 Å². The van der Waals surface area contributed by atoms with Crippen LogP contribution in [0, 0.1) is 12.8 Å². The van der Waals surface area contributed by atoms with Crippen molar-refractivity contribution in [2.24, 2.45) is 5.92 Å². The summed E-state index contributed by atoms with van der Waals surface area (Å²) in [6.07, 6.45) is 5.75. The molecule has 2 aromatic carbocycles. The van der Waals surface area contributed by atoms with E-state index >= 15 is 0 Å². The SMILES string of the molecule is COc1cc(/C=C(/C(=O)O)C2CCCC2)c2cccc(C)c2c1O. The molecule has 1 saturated carbocycles. The molecule has 0 bridgehead atoms. The number of hydrogen-bond donors (Lipinski definition) is 2. The number of fused-ring (bicyclic) bond motifs is 1. The first kappa shape index (κ1) is 16.4. The van der Waals surface area contributed by atoms with Crippen molar-refractivity contribution >= 4 is 22.8 Å². The molecule has 4 heteroatoms. The summed E-state index contributed by atoms with van der Waals surface area (Å²) in [5.74, 6) is -0.309. The Bertz CT molecular complexity index is 814. The van der Waals surface area contributed by atoms with E-state index in [4.69, 9.17) is 4.74 Å². The Kier molecular flexibility index (Phi) is 4.47. The first-order chi connectivity index (χ1) is 11.5. The fourth-order valence-electron chi connectivity index (χ4n) is 3.67. The molecular formula is C20H22O4. The zero-order chi connectivity index (χ0) is 17.3. The largest absolute Gasteiger partial charge is 0.504 e. The minimum atomic E-state index is -0.866. The molecule has 126 valence electrons. The number of carbonyl (C=O) groups is 1. The van der Waals surface area contributed by atoms with E-state index in [9.17, 15) is 15.0 Å². The van der Waals surface area contributed by atoms with Crippen LogP contribution < -0.4 is 4.74 Å². The predicted octanol–water partition coefficient (Wildman–Crippen LogP) is 4.52. The second-order valence-corrected chi connectivity index (χ2v) is 6.40. The van der Waals surface area contributed by atoms with E-state index in [-0.39, 0.29) is 11.7 Å². The van der Waals surface area contributed by atoms with Gasteiger partial charge in [0.2, 0.25) is 0 Å². The zero-order valence-electron chi connectivity index (χ0n) is 14.0. The van der Waals surface area contributed by atoms with Crippen LogP contribution in [0.5, 0.6) is 11.5 Å². The normalized spacial score (nSPS) is 15.8. The minimum Gasteiger partial charge on any atom is -0.504 e. The van der Waals surface area contributed by atoms with E-state index in [1.54, 1.807) is 12.1 Å². The van der Waals surface area contributed by atoms with Crippen LogP contribution in [0.25, 0.3) is 16.8 Å². The van der Waals surface area contributed by atoms with Crippen molar-refractivity contribution in [3.05, 3.63) is 41.0 Å². The number of phenolic OH excluding ortho intramolecular Hbond substituents is 1. The number of aryl methyl sites for hydroxylation is 1. The first-order valence-electron chi connectivity index (χ1n) is 8.27. The number of hydrogen-bond acceptors (Lipinski definition) is 3. The maximum absolute atomic E-state index is 11.8. The van der Waals surface area contributed by atoms with Crippen molar-refractivity contribution in [3.8, 4) is 11.5 Å². The summed E-state index contributed by atoms with van der Waals surface area (Å²) >= 11 is 0. The Balaban J connectivity index is 2.24. The van der Waals surface area contributed by atoms with Gasteiger partial charge in [-0.2, -0.15) is 0 Å². The molecule has 0 atom stereocenters. The van der Waals surface area contributed by atoms with E-state index in [2.05, 4.69) is 0 Å². The summed E-state index contributed by atoms with van der Waals surface area (Å²) in [4.78, 5) is 11.8. The van der Waals surface area contributed by atoms with E-state index in [1.807, 2.05) is 25.1 Å². The Morgan fingerprint density at radius 1 is 1.29 bits per heavy atom. The van der Waals surface area contributed by atoms with Gasteiger partial charge in [-0.25, -0.2) is 4.79 Å². The van der Waals surface area contributed by atoms with Crippen LogP contribution in [0.15, 0.2) is 29.8 Å². The lowest BCUT2D eigenvalue weighted by molar-refractivity contribution is -0.133. The standard InChI is InChI=1S/C20H22O4/c1-12-6-5-9-15-14(11-17(24-2)19(21)18(12)15)10-16(20(22)23)13-7-3-4-8-13/h5-6,9-11,13,21H,3-4,7-8H2,1-2H3,(H,22,23)/b16-10+. The highest BCUT2D eigenvalue weighted by Gasteiger charge is 2.24. The van der Waals surface area contributed by atoms with Gasteiger partial charge in [0.15, 0.2) is 11.5 Å². The van der Waals surface area contributed by atoms with Gasteiger partial charge in [-0.15, -0.1) is 0 Å². The molecule has 24 heavy (non-hydrogen) atoms. The van der Waals surface area contributed by atoms with Crippen LogP contribution in [-0.4, -0.2) is 23.3 Å². The van der Waals surface area contributed by atoms with Crippen LogP contribution >= 0.6 is 0 Å². The molecule has 4 nitrogen and oxygen atoms in total. The highest BCUT2D eigenvalue weighted by Crippen LogP contribution is 2.40. The third-order valence-corrected chi connectivity index (χ3v) is 4.91. The highest BCUT2D eigenvalue weighted by molar-refractivity contribution is 6.02. The van der Waals surface area contributed by atoms with Gasteiger partial charge in [-0.05, 0) is 54.3 Å². The van der Waals surface area contributed by atoms with Crippen molar-refractivity contribution in [1.82, 2.24) is 0 Å². The monoisotopic (exact) mass is 326 g/mol. The number of aliphatic carboxylic acids is 1. The molecule has 3 rings (SSSR count). The number of benzene rings is 2. The van der Waals surface area contributed by atoms with Gasteiger partial charge in [0, 0.05) is 11.0 Å². The Morgan fingerprint density at radius 2 is 2.00 bits per heavy atom. The molecule has 0 radical (unpaired) electrons. The zero-order valence-corrected chi connectivity index (χ0v) is 14.0. The van der Waals surface area contributed by atoms with E-state index in [0.29, 0.717) is 16.7 Å². The molecular weight excluding hydrogens is 304 g/mol. The first-order valence-corrected chi connectivity index (χ1v) is 8.27. The molecule has 0 heterocycles. The second-order valence-electron chi connectivity index (χ2n) is 6.40. The molecule has 0 aliphatic heterocycles. The third-order valence-electron chi connectivity index (χ3n) is 4.91. The van der Waals surface area contributed by atoms with Crippen molar-refractivity contribution in [2.75, 3.05) is 7.11 Å². The summed E-state index contributed by atoms with van der Waals surface area (Å²) in [5.41, 5.74) is 2.15. The topological polar surface area (TPSA) is 66.8 Å². The number of carboxylic acid groups (broad SMARTS) is 1. The van der Waals surface area contributed by atoms with Crippen LogP contribution in [0.3, 0.4) is 0 Å². The molecule has 2 aromatic rings. The lowest BCUT2D eigenvalue weighted by Gasteiger charge is -2.14. The summed E-state index contributed by atoms with van der Waals surface area (Å²) in [5, 5.41) is 21.6. The van der Waals surface area contributed by atoms with Gasteiger partial charge in [0.1, 0.15) is 0 Å². The van der Waals surface area contributed by atoms with Crippen molar-refractivity contribution in [1.29, 1.82) is 0 Å². The molecule has 0 saturated heterocycles. The fraction of sp³-hybridized carbons (Fsp3) is 0.350. The molecule has 1 aliphatic rings. The molecule has 2 N–H and O–H groups in total. The number of rotatable bonds is 4. The maximum Gasteiger partial charge on any atom is 0.331 e. The third kappa shape index (κ3) is 2.84. The summed E-state index contributed by atoms with van der Waals surface area (Å²) in [7, 11) is 1.50. The van der Waals surface area contributed by atoms with Gasteiger partial charge >= 0.3 is 5.97 Å². The summed E-state index contributed by atoms with van der Waals surface area (Å²) < 4.78 is 5.29. The van der Waals surface area contributed by atoms with Gasteiger partial charge in [0.25, 0.3) is 0 Å². The van der Waals surface area contributed by atoms with Gasteiger partial charge < -0.3 is 14.9 Å². The molecule has 0 amide bonds. The smallest absolute Gasteiger partial charge is 0.331 e. The lowest BCUT2D eigenvalue weighted by Crippen LogP contribution is -2.09. The number of carboxylic acids is 1. The van der Waals surface area contributed by atoms with Gasteiger partial charge in [0.05, 0.1) is 7.11 Å². The van der Waals surface area contributed by atoms with E-state index in [0.717, 1.165) is 42.2 Å². The number of phenols is 1. The molecule has 1 fully saturated rings. The molecule has 1 aliphatic carbocycles. The van der Waals surface area contributed by atoms with Crippen LogP contribution in [0.4, 0.5) is 0 Å². The number of aromatic hydroxyl groups is 1.